The van der Waals surface area contributed by atoms with Gasteiger partial charge in [-0.25, -0.2) is 4.98 Å². The fourth-order valence-corrected chi connectivity index (χ4v) is 4.05. The van der Waals surface area contributed by atoms with E-state index in [4.69, 9.17) is 5.10 Å². The Balaban J connectivity index is 1.72. The molecule has 4 rings (SSSR count). The zero-order valence-electron chi connectivity index (χ0n) is 10.7. The molecule has 6 heteroatoms. The Hall–Kier alpha value is -1.27. The minimum atomic E-state index is 0.583. The second kappa shape index (κ2) is 4.68. The number of hydrogen-bond donors (Lipinski definition) is 1. The number of imidazole rings is 1. The lowest BCUT2D eigenvalue weighted by Crippen LogP contribution is -2.28. The molecule has 2 aliphatic heterocycles. The maximum atomic E-state index is 4.71. The molecule has 0 spiro atoms. The van der Waals surface area contributed by atoms with Crippen LogP contribution in [0.25, 0.3) is 11.5 Å². The molecule has 0 bridgehead atoms. The van der Waals surface area contributed by atoms with Crippen LogP contribution >= 0.6 is 11.8 Å². The molecule has 19 heavy (non-hydrogen) atoms. The molecule has 100 valence electrons. The number of aromatic nitrogens is 4. The Morgan fingerprint density at radius 3 is 3.26 bits per heavy atom. The van der Waals surface area contributed by atoms with Crippen molar-refractivity contribution in [2.75, 3.05) is 18.1 Å². The zero-order valence-corrected chi connectivity index (χ0v) is 11.6. The minimum Gasteiger partial charge on any atom is -0.326 e. The summed E-state index contributed by atoms with van der Waals surface area (Å²) < 4.78 is 4.41. The molecule has 2 aromatic rings. The molecule has 1 fully saturated rings. The minimum absolute atomic E-state index is 0.583. The quantitative estimate of drug-likeness (QED) is 0.903. The first-order chi connectivity index (χ1) is 9.42. The van der Waals surface area contributed by atoms with Gasteiger partial charge in [0.1, 0.15) is 5.69 Å². The van der Waals surface area contributed by atoms with E-state index in [0.717, 1.165) is 31.2 Å². The monoisotopic (exact) mass is 275 g/mol. The lowest BCUT2D eigenvalue weighted by atomic mass is 10.2. The van der Waals surface area contributed by atoms with E-state index in [1.54, 1.807) is 0 Å². The van der Waals surface area contributed by atoms with E-state index in [9.17, 15) is 0 Å². The lowest BCUT2D eigenvalue weighted by molar-refractivity contribution is 0.475. The van der Waals surface area contributed by atoms with E-state index in [0.29, 0.717) is 6.04 Å². The van der Waals surface area contributed by atoms with E-state index in [1.807, 2.05) is 18.0 Å². The molecule has 5 nitrogen and oxygen atoms in total. The molecule has 0 aromatic carbocycles. The van der Waals surface area contributed by atoms with Gasteiger partial charge < -0.3 is 9.88 Å². The van der Waals surface area contributed by atoms with Gasteiger partial charge in [-0.05, 0) is 18.2 Å². The molecular formula is C13H17N5S. The van der Waals surface area contributed by atoms with Gasteiger partial charge >= 0.3 is 0 Å². The molecule has 1 unspecified atom stereocenters. The van der Waals surface area contributed by atoms with Crippen LogP contribution in [0, 0.1) is 0 Å². The number of thioether (sulfide) groups is 1. The number of rotatable bonds is 2. The summed E-state index contributed by atoms with van der Waals surface area (Å²) in [5.41, 5.74) is 2.28. The maximum Gasteiger partial charge on any atom is 0.160 e. The molecule has 0 saturated carbocycles. The Morgan fingerprint density at radius 1 is 1.42 bits per heavy atom. The smallest absolute Gasteiger partial charge is 0.160 e. The van der Waals surface area contributed by atoms with Crippen LogP contribution in [0.5, 0.6) is 0 Å². The van der Waals surface area contributed by atoms with E-state index >= 15 is 0 Å². The average Bonchev–Trinajstić information content (AvgIpc) is 3.17. The highest BCUT2D eigenvalue weighted by molar-refractivity contribution is 7.99. The summed E-state index contributed by atoms with van der Waals surface area (Å²) >= 11 is 2.03. The summed E-state index contributed by atoms with van der Waals surface area (Å²) in [6.07, 6.45) is 5.24. The van der Waals surface area contributed by atoms with Gasteiger partial charge in [0, 0.05) is 37.3 Å². The van der Waals surface area contributed by atoms with Crippen molar-refractivity contribution in [2.24, 2.45) is 0 Å². The summed E-state index contributed by atoms with van der Waals surface area (Å²) in [6, 6.07) is 2.76. The summed E-state index contributed by atoms with van der Waals surface area (Å²) in [6.45, 7) is 2.87. The van der Waals surface area contributed by atoms with Crippen LogP contribution in [0.3, 0.4) is 0 Å². The Morgan fingerprint density at radius 2 is 2.42 bits per heavy atom. The second-order valence-corrected chi connectivity index (χ2v) is 6.25. The summed E-state index contributed by atoms with van der Waals surface area (Å²) in [4.78, 5) is 4.53. The van der Waals surface area contributed by atoms with Gasteiger partial charge in [-0.2, -0.15) is 16.9 Å². The fraction of sp³-hybridized carbons (Fsp3) is 0.538. The first kappa shape index (κ1) is 11.5. The molecule has 0 aliphatic carbocycles. The van der Waals surface area contributed by atoms with Gasteiger partial charge in [-0.1, -0.05) is 0 Å². The number of fused-ring (bicyclic) bond motifs is 1. The van der Waals surface area contributed by atoms with Crippen molar-refractivity contribution in [3.05, 3.63) is 24.2 Å². The van der Waals surface area contributed by atoms with Crippen LogP contribution in [-0.2, 0) is 13.1 Å². The maximum absolute atomic E-state index is 4.71. The number of hydrogen-bond acceptors (Lipinski definition) is 4. The van der Waals surface area contributed by atoms with Crippen molar-refractivity contribution in [1.29, 1.82) is 0 Å². The van der Waals surface area contributed by atoms with Gasteiger partial charge in [0.2, 0.25) is 0 Å². The fourth-order valence-electron chi connectivity index (χ4n) is 2.85. The van der Waals surface area contributed by atoms with Crippen LogP contribution in [-0.4, -0.2) is 37.4 Å². The zero-order chi connectivity index (χ0) is 12.7. The number of nitrogens with one attached hydrogen (secondary N) is 1. The topological polar surface area (TPSA) is 47.7 Å². The third-order valence-corrected chi connectivity index (χ3v) is 5.01. The second-order valence-electron chi connectivity index (χ2n) is 5.10. The van der Waals surface area contributed by atoms with Gasteiger partial charge in [-0.15, -0.1) is 0 Å². The van der Waals surface area contributed by atoms with Crippen molar-refractivity contribution >= 4 is 11.8 Å². The summed E-state index contributed by atoms with van der Waals surface area (Å²) in [7, 11) is 0. The summed E-state index contributed by atoms with van der Waals surface area (Å²) in [5, 5.41) is 8.09. The normalized spacial score (nSPS) is 22.6. The van der Waals surface area contributed by atoms with Gasteiger partial charge in [0.05, 0.1) is 12.2 Å². The highest BCUT2D eigenvalue weighted by Crippen LogP contribution is 2.31. The molecule has 0 amide bonds. The Bertz CT molecular complexity index is 558. The van der Waals surface area contributed by atoms with Gasteiger partial charge in [-0.3, -0.25) is 4.68 Å². The molecular weight excluding hydrogens is 258 g/mol. The van der Waals surface area contributed by atoms with Crippen molar-refractivity contribution < 1.29 is 0 Å². The van der Waals surface area contributed by atoms with Crippen molar-refractivity contribution in [1.82, 2.24) is 24.6 Å². The van der Waals surface area contributed by atoms with Crippen LogP contribution in [0.15, 0.2) is 18.5 Å². The van der Waals surface area contributed by atoms with Crippen LogP contribution in [0.1, 0.15) is 18.2 Å². The van der Waals surface area contributed by atoms with Gasteiger partial charge in [0.15, 0.2) is 5.82 Å². The third kappa shape index (κ3) is 1.99. The standard InChI is InChI=1S/C13H17N5S/c1-6-19-9-10(1)17-4-3-15-13(17)12-7-11-8-14-2-5-18(11)16-12/h3-4,7,10,14H,1-2,5-6,8-9H2. The molecule has 1 atom stereocenters. The first-order valence-electron chi connectivity index (χ1n) is 6.80. The van der Waals surface area contributed by atoms with E-state index in [-0.39, 0.29) is 0 Å². The van der Waals surface area contributed by atoms with E-state index < -0.39 is 0 Å². The first-order valence-corrected chi connectivity index (χ1v) is 7.96. The molecule has 1 N–H and O–H groups in total. The van der Waals surface area contributed by atoms with Crippen molar-refractivity contribution in [2.45, 2.75) is 25.6 Å². The molecule has 2 aliphatic rings. The van der Waals surface area contributed by atoms with Crippen LogP contribution in [0.2, 0.25) is 0 Å². The highest BCUT2D eigenvalue weighted by atomic mass is 32.2. The van der Waals surface area contributed by atoms with Crippen LogP contribution < -0.4 is 5.32 Å². The van der Waals surface area contributed by atoms with Crippen LogP contribution in [0.4, 0.5) is 0 Å². The molecule has 4 heterocycles. The highest BCUT2D eigenvalue weighted by Gasteiger charge is 2.22. The molecule has 1 saturated heterocycles. The predicted molar refractivity (Wildman–Crippen MR) is 76.1 cm³/mol. The SMILES string of the molecule is c1cn(C2CCSC2)c(-c2cc3n(n2)CCNC3)n1. The lowest BCUT2D eigenvalue weighted by Gasteiger charge is -2.13. The number of nitrogens with zero attached hydrogens (tertiary/aromatic N) is 4. The Labute approximate surface area is 116 Å². The molecule has 2 aromatic heterocycles. The molecule has 0 radical (unpaired) electrons. The van der Waals surface area contributed by atoms with Crippen molar-refractivity contribution in [3.63, 3.8) is 0 Å². The van der Waals surface area contributed by atoms with E-state index in [2.05, 4.69) is 31.8 Å². The largest absolute Gasteiger partial charge is 0.326 e. The predicted octanol–water partition coefficient (Wildman–Crippen LogP) is 1.53. The van der Waals surface area contributed by atoms with Gasteiger partial charge in [0.25, 0.3) is 0 Å². The van der Waals surface area contributed by atoms with Crippen molar-refractivity contribution in [3.8, 4) is 11.5 Å². The van der Waals surface area contributed by atoms with E-state index in [1.165, 1.54) is 23.6 Å². The Kier molecular flexibility index (Phi) is 2.85. The third-order valence-electron chi connectivity index (χ3n) is 3.87. The summed E-state index contributed by atoms with van der Waals surface area (Å²) in [5.74, 6) is 3.47. The average molecular weight is 275 g/mol.